The van der Waals surface area contributed by atoms with Crippen molar-refractivity contribution >= 4 is 5.91 Å². The zero-order chi connectivity index (χ0) is 14.4. The molecule has 5 nitrogen and oxygen atoms in total. The average molecular weight is 277 g/mol. The molecule has 20 heavy (non-hydrogen) atoms. The van der Waals surface area contributed by atoms with Gasteiger partial charge in [-0.25, -0.2) is 0 Å². The highest BCUT2D eigenvalue weighted by Gasteiger charge is 2.15. The average Bonchev–Trinajstić information content (AvgIpc) is 2.67. The fourth-order valence-electron chi connectivity index (χ4n) is 2.39. The van der Waals surface area contributed by atoms with E-state index in [2.05, 4.69) is 10.2 Å². The first-order valence-electron chi connectivity index (χ1n) is 7.10. The summed E-state index contributed by atoms with van der Waals surface area (Å²) in [6.45, 7) is 4.87. The van der Waals surface area contributed by atoms with Crippen molar-refractivity contribution in [3.63, 3.8) is 0 Å². The number of hydrogen-bond donors (Lipinski definition) is 2. The van der Waals surface area contributed by atoms with Gasteiger partial charge >= 0.3 is 0 Å². The van der Waals surface area contributed by atoms with Crippen LogP contribution >= 0.6 is 0 Å². The van der Waals surface area contributed by atoms with Crippen LogP contribution in [0.5, 0.6) is 5.75 Å². The van der Waals surface area contributed by atoms with E-state index in [1.54, 1.807) is 23.1 Å². The highest BCUT2D eigenvalue weighted by Crippen LogP contribution is 2.12. The number of rotatable bonds is 4. The van der Waals surface area contributed by atoms with Crippen LogP contribution in [0, 0.1) is 0 Å². The van der Waals surface area contributed by atoms with Crippen molar-refractivity contribution in [3.8, 4) is 5.75 Å². The Kier molecular flexibility index (Phi) is 5.38. The summed E-state index contributed by atoms with van der Waals surface area (Å²) >= 11 is 0. The predicted molar refractivity (Wildman–Crippen MR) is 78.5 cm³/mol. The molecule has 1 fully saturated rings. The molecule has 110 valence electrons. The van der Waals surface area contributed by atoms with Crippen molar-refractivity contribution in [2.75, 3.05) is 39.8 Å². The number of nitrogens with one attached hydrogen (secondary N) is 1. The van der Waals surface area contributed by atoms with E-state index in [4.69, 9.17) is 0 Å². The van der Waals surface area contributed by atoms with Gasteiger partial charge in [0.05, 0.1) is 6.54 Å². The van der Waals surface area contributed by atoms with Gasteiger partial charge in [0.15, 0.2) is 0 Å². The molecule has 0 aliphatic carbocycles. The number of carbonyl (C=O) groups excluding carboxylic acids is 1. The Morgan fingerprint density at radius 1 is 1.40 bits per heavy atom. The fraction of sp³-hybridized carbons (Fsp3) is 0.533. The lowest BCUT2D eigenvalue weighted by Crippen LogP contribution is -2.39. The quantitative estimate of drug-likeness (QED) is 0.848. The van der Waals surface area contributed by atoms with Crippen LogP contribution in [0.1, 0.15) is 12.0 Å². The van der Waals surface area contributed by atoms with Crippen LogP contribution in [0.3, 0.4) is 0 Å². The molecule has 0 atom stereocenters. The fourth-order valence-corrected chi connectivity index (χ4v) is 2.39. The number of aromatic hydroxyl groups is 1. The molecule has 0 bridgehead atoms. The van der Waals surface area contributed by atoms with Crippen molar-refractivity contribution in [1.29, 1.82) is 0 Å². The maximum atomic E-state index is 12.2. The molecule has 2 rings (SSSR count). The van der Waals surface area contributed by atoms with Crippen LogP contribution in [-0.4, -0.2) is 60.6 Å². The second kappa shape index (κ2) is 7.26. The van der Waals surface area contributed by atoms with Crippen LogP contribution in [-0.2, 0) is 11.3 Å². The molecule has 0 radical (unpaired) electrons. The van der Waals surface area contributed by atoms with E-state index >= 15 is 0 Å². The normalized spacial score (nSPS) is 16.6. The monoisotopic (exact) mass is 277 g/mol. The molecule has 0 aromatic heterocycles. The molecule has 5 heteroatoms. The number of nitrogens with zero attached hydrogens (tertiary/aromatic N) is 2. The Morgan fingerprint density at radius 2 is 2.25 bits per heavy atom. The van der Waals surface area contributed by atoms with Gasteiger partial charge in [-0.2, -0.15) is 0 Å². The summed E-state index contributed by atoms with van der Waals surface area (Å²) in [7, 11) is 1.81. The summed E-state index contributed by atoms with van der Waals surface area (Å²) in [5.41, 5.74) is 0.943. The maximum Gasteiger partial charge on any atom is 0.236 e. The van der Waals surface area contributed by atoms with Gasteiger partial charge in [-0.05, 0) is 37.2 Å². The van der Waals surface area contributed by atoms with E-state index in [9.17, 15) is 9.90 Å². The number of phenolic OH excluding ortho intramolecular Hbond substituents is 1. The molecule has 1 amide bonds. The Bertz CT molecular complexity index is 442. The van der Waals surface area contributed by atoms with Gasteiger partial charge in [-0.15, -0.1) is 0 Å². The summed E-state index contributed by atoms with van der Waals surface area (Å²) in [6, 6.07) is 7.04. The third-order valence-corrected chi connectivity index (χ3v) is 3.55. The molecule has 2 N–H and O–H groups in total. The van der Waals surface area contributed by atoms with Crippen LogP contribution in [0.4, 0.5) is 0 Å². The molecule has 1 heterocycles. The molecule has 0 spiro atoms. The summed E-state index contributed by atoms with van der Waals surface area (Å²) in [4.78, 5) is 16.1. The summed E-state index contributed by atoms with van der Waals surface area (Å²) in [5, 5.41) is 12.8. The molecule has 0 unspecified atom stereocenters. The van der Waals surface area contributed by atoms with Gasteiger partial charge < -0.3 is 15.3 Å². The minimum absolute atomic E-state index is 0.121. The highest BCUT2D eigenvalue weighted by atomic mass is 16.3. The summed E-state index contributed by atoms with van der Waals surface area (Å²) in [5.74, 6) is 0.359. The van der Waals surface area contributed by atoms with E-state index in [-0.39, 0.29) is 11.7 Å². The molecular weight excluding hydrogens is 254 g/mol. The first kappa shape index (κ1) is 14.8. The Morgan fingerprint density at radius 3 is 3.05 bits per heavy atom. The van der Waals surface area contributed by atoms with Gasteiger partial charge in [0.1, 0.15) is 5.75 Å². The van der Waals surface area contributed by atoms with Gasteiger partial charge in [-0.1, -0.05) is 12.1 Å². The lowest BCUT2D eigenvalue weighted by Gasteiger charge is -2.23. The van der Waals surface area contributed by atoms with Crippen molar-refractivity contribution < 1.29 is 9.90 Å². The third-order valence-electron chi connectivity index (χ3n) is 3.55. The van der Waals surface area contributed by atoms with Gasteiger partial charge in [0.25, 0.3) is 0 Å². The largest absolute Gasteiger partial charge is 0.508 e. The van der Waals surface area contributed by atoms with E-state index in [0.29, 0.717) is 13.1 Å². The number of phenols is 1. The smallest absolute Gasteiger partial charge is 0.236 e. The molecule has 0 saturated carbocycles. The second-order valence-corrected chi connectivity index (χ2v) is 5.30. The summed E-state index contributed by atoms with van der Waals surface area (Å²) in [6.07, 6.45) is 1.09. The minimum atomic E-state index is 0.121. The maximum absolute atomic E-state index is 12.2. The van der Waals surface area contributed by atoms with Gasteiger partial charge in [0.2, 0.25) is 5.91 Å². The van der Waals surface area contributed by atoms with Crippen molar-refractivity contribution in [3.05, 3.63) is 29.8 Å². The Hall–Kier alpha value is -1.59. The zero-order valence-corrected chi connectivity index (χ0v) is 12.0. The lowest BCUT2D eigenvalue weighted by molar-refractivity contribution is -0.131. The van der Waals surface area contributed by atoms with Crippen LogP contribution in [0.25, 0.3) is 0 Å². The van der Waals surface area contributed by atoms with E-state index in [1.807, 2.05) is 13.1 Å². The Labute approximate surface area is 120 Å². The topological polar surface area (TPSA) is 55.8 Å². The highest BCUT2D eigenvalue weighted by molar-refractivity contribution is 5.78. The first-order valence-corrected chi connectivity index (χ1v) is 7.10. The van der Waals surface area contributed by atoms with Crippen molar-refractivity contribution in [1.82, 2.24) is 15.1 Å². The molecule has 1 saturated heterocycles. The lowest BCUT2D eigenvalue weighted by atomic mass is 10.2. The van der Waals surface area contributed by atoms with Crippen LogP contribution in [0.15, 0.2) is 24.3 Å². The first-order chi connectivity index (χ1) is 9.65. The Balaban J connectivity index is 1.85. The van der Waals surface area contributed by atoms with E-state index in [0.717, 1.165) is 38.2 Å². The SMILES string of the molecule is CN(Cc1cccc(O)c1)C(=O)CN1CCCNCC1. The number of likely N-dealkylation sites (N-methyl/N-ethyl adjacent to an activating group) is 1. The van der Waals surface area contributed by atoms with Crippen LogP contribution < -0.4 is 5.32 Å². The number of hydrogen-bond acceptors (Lipinski definition) is 4. The van der Waals surface area contributed by atoms with Gasteiger partial charge in [-0.3, -0.25) is 9.69 Å². The number of amides is 1. The van der Waals surface area contributed by atoms with Crippen molar-refractivity contribution in [2.24, 2.45) is 0 Å². The molecular formula is C15H23N3O2. The van der Waals surface area contributed by atoms with E-state index < -0.39 is 0 Å². The summed E-state index contributed by atoms with van der Waals surface area (Å²) < 4.78 is 0. The van der Waals surface area contributed by atoms with Crippen LogP contribution in [0.2, 0.25) is 0 Å². The third kappa shape index (κ3) is 4.51. The predicted octanol–water partition coefficient (Wildman–Crippen LogP) is 0.646. The minimum Gasteiger partial charge on any atom is -0.508 e. The van der Waals surface area contributed by atoms with E-state index in [1.165, 1.54) is 0 Å². The molecule has 1 aromatic rings. The van der Waals surface area contributed by atoms with Gasteiger partial charge in [0, 0.05) is 26.7 Å². The number of carbonyl (C=O) groups is 1. The molecule has 1 aliphatic rings. The molecule has 1 aliphatic heterocycles. The second-order valence-electron chi connectivity index (χ2n) is 5.30. The van der Waals surface area contributed by atoms with Crippen molar-refractivity contribution in [2.45, 2.75) is 13.0 Å². The molecule has 1 aromatic carbocycles. The zero-order valence-electron chi connectivity index (χ0n) is 12.0. The number of benzene rings is 1. The standard InChI is InChI=1S/C15H23N3O2/c1-17(11-13-4-2-5-14(19)10-13)15(20)12-18-8-3-6-16-7-9-18/h2,4-5,10,16,19H,3,6-9,11-12H2,1H3.